The largest absolute Gasteiger partial charge is 0.379 e. The van der Waals surface area contributed by atoms with Crippen LogP contribution in [0, 0.1) is 0 Å². The van der Waals surface area contributed by atoms with Gasteiger partial charge in [-0.3, -0.25) is 15.0 Å². The van der Waals surface area contributed by atoms with E-state index in [4.69, 9.17) is 4.74 Å². The van der Waals surface area contributed by atoms with E-state index in [1.807, 2.05) is 4.90 Å². The summed E-state index contributed by atoms with van der Waals surface area (Å²) in [4.78, 5) is 24.8. The van der Waals surface area contributed by atoms with Gasteiger partial charge in [0.1, 0.15) is 0 Å². The summed E-state index contributed by atoms with van der Waals surface area (Å²) < 4.78 is 5.20. The minimum Gasteiger partial charge on any atom is -0.379 e. The van der Waals surface area contributed by atoms with Crippen LogP contribution in [0.5, 0.6) is 0 Å². The Morgan fingerprint density at radius 2 is 2.00 bits per heavy atom. The van der Waals surface area contributed by atoms with Gasteiger partial charge in [-0.15, -0.1) is 0 Å². The Balaban J connectivity index is 2.37. The number of rotatable bonds is 3. The van der Waals surface area contributed by atoms with Crippen molar-refractivity contribution >= 4 is 11.9 Å². The van der Waals surface area contributed by atoms with Crippen molar-refractivity contribution in [2.45, 2.75) is 19.9 Å². The molecule has 0 unspecified atom stereocenters. The predicted molar refractivity (Wildman–Crippen MR) is 59.1 cm³/mol. The number of urea groups is 1. The third-order valence-electron chi connectivity index (χ3n) is 2.55. The number of morpholine rings is 1. The van der Waals surface area contributed by atoms with E-state index in [-0.39, 0.29) is 11.9 Å². The molecule has 1 atom stereocenters. The molecule has 1 heterocycles. The Morgan fingerprint density at radius 3 is 2.56 bits per heavy atom. The quantitative estimate of drug-likeness (QED) is 0.688. The summed E-state index contributed by atoms with van der Waals surface area (Å²) in [7, 11) is 0. The van der Waals surface area contributed by atoms with E-state index in [2.05, 4.69) is 10.6 Å². The van der Waals surface area contributed by atoms with Crippen LogP contribution < -0.4 is 10.6 Å². The molecule has 0 aromatic carbocycles. The van der Waals surface area contributed by atoms with Crippen molar-refractivity contribution in [1.29, 1.82) is 0 Å². The number of ether oxygens (including phenoxy) is 1. The van der Waals surface area contributed by atoms with Gasteiger partial charge >= 0.3 is 6.03 Å². The SMILES string of the molecule is CCNC(=O)NC(=O)[C@H](C)N1CCOCC1. The van der Waals surface area contributed by atoms with Crippen molar-refractivity contribution < 1.29 is 14.3 Å². The second-order valence-electron chi connectivity index (χ2n) is 3.67. The molecule has 0 radical (unpaired) electrons. The van der Waals surface area contributed by atoms with E-state index in [9.17, 15) is 9.59 Å². The first-order valence-electron chi connectivity index (χ1n) is 5.55. The molecule has 1 saturated heterocycles. The van der Waals surface area contributed by atoms with Gasteiger partial charge in [-0.05, 0) is 13.8 Å². The summed E-state index contributed by atoms with van der Waals surface area (Å²) >= 11 is 0. The summed E-state index contributed by atoms with van der Waals surface area (Å²) in [5.41, 5.74) is 0. The molecule has 0 saturated carbocycles. The van der Waals surface area contributed by atoms with Gasteiger partial charge in [-0.1, -0.05) is 0 Å². The lowest BCUT2D eigenvalue weighted by molar-refractivity contribution is -0.126. The molecule has 6 nitrogen and oxygen atoms in total. The molecule has 1 fully saturated rings. The zero-order valence-corrected chi connectivity index (χ0v) is 9.78. The zero-order chi connectivity index (χ0) is 12.0. The molecule has 1 aliphatic rings. The van der Waals surface area contributed by atoms with Gasteiger partial charge in [0.05, 0.1) is 19.3 Å². The topological polar surface area (TPSA) is 70.7 Å². The van der Waals surface area contributed by atoms with Crippen LogP contribution in [0.2, 0.25) is 0 Å². The lowest BCUT2D eigenvalue weighted by atomic mass is 10.2. The number of carbonyl (C=O) groups excluding carboxylic acids is 2. The summed E-state index contributed by atoms with van der Waals surface area (Å²) in [6.07, 6.45) is 0. The van der Waals surface area contributed by atoms with Crippen LogP contribution in [0.4, 0.5) is 4.79 Å². The number of nitrogens with zero attached hydrogens (tertiary/aromatic N) is 1. The van der Waals surface area contributed by atoms with Gasteiger partial charge in [0.15, 0.2) is 0 Å². The fourth-order valence-electron chi connectivity index (χ4n) is 1.55. The molecule has 3 amide bonds. The van der Waals surface area contributed by atoms with Gasteiger partial charge < -0.3 is 10.1 Å². The minimum absolute atomic E-state index is 0.271. The van der Waals surface area contributed by atoms with Crippen molar-refractivity contribution in [1.82, 2.24) is 15.5 Å². The fourth-order valence-corrected chi connectivity index (χ4v) is 1.55. The van der Waals surface area contributed by atoms with Gasteiger partial charge in [0.2, 0.25) is 5.91 Å². The third-order valence-corrected chi connectivity index (χ3v) is 2.55. The highest BCUT2D eigenvalue weighted by Crippen LogP contribution is 2.03. The molecule has 2 N–H and O–H groups in total. The Morgan fingerprint density at radius 1 is 1.38 bits per heavy atom. The molecule has 0 aromatic heterocycles. The van der Waals surface area contributed by atoms with Crippen LogP contribution in [0.25, 0.3) is 0 Å². The minimum atomic E-state index is -0.437. The van der Waals surface area contributed by atoms with Crippen LogP contribution in [0.15, 0.2) is 0 Å². The van der Waals surface area contributed by atoms with Gasteiger partial charge in [-0.2, -0.15) is 0 Å². The lowest BCUT2D eigenvalue weighted by Crippen LogP contribution is -2.52. The summed E-state index contributed by atoms with van der Waals surface area (Å²) in [5.74, 6) is -0.271. The Labute approximate surface area is 95.3 Å². The molecule has 0 spiro atoms. The maximum atomic E-state index is 11.7. The van der Waals surface area contributed by atoms with Crippen molar-refractivity contribution in [2.75, 3.05) is 32.8 Å². The number of hydrogen-bond donors (Lipinski definition) is 2. The number of carbonyl (C=O) groups is 2. The highest BCUT2D eigenvalue weighted by Gasteiger charge is 2.23. The highest BCUT2D eigenvalue weighted by atomic mass is 16.5. The van der Waals surface area contributed by atoms with E-state index in [1.54, 1.807) is 13.8 Å². The van der Waals surface area contributed by atoms with Crippen molar-refractivity contribution in [3.63, 3.8) is 0 Å². The number of hydrogen-bond acceptors (Lipinski definition) is 4. The zero-order valence-electron chi connectivity index (χ0n) is 9.78. The molecule has 16 heavy (non-hydrogen) atoms. The molecular formula is C10H19N3O3. The Hall–Kier alpha value is -1.14. The molecule has 1 rings (SSSR count). The second-order valence-corrected chi connectivity index (χ2v) is 3.67. The number of amides is 3. The summed E-state index contributed by atoms with van der Waals surface area (Å²) in [6, 6.07) is -0.737. The first-order chi connectivity index (χ1) is 7.65. The molecular weight excluding hydrogens is 210 g/mol. The first-order valence-corrected chi connectivity index (χ1v) is 5.55. The molecule has 92 valence electrons. The van der Waals surface area contributed by atoms with E-state index < -0.39 is 6.03 Å². The van der Waals surface area contributed by atoms with E-state index in [1.165, 1.54) is 0 Å². The molecule has 0 aromatic rings. The highest BCUT2D eigenvalue weighted by molar-refractivity contribution is 5.96. The van der Waals surface area contributed by atoms with Crippen LogP contribution in [-0.2, 0) is 9.53 Å². The van der Waals surface area contributed by atoms with Crippen LogP contribution in [-0.4, -0.2) is 55.7 Å². The smallest absolute Gasteiger partial charge is 0.321 e. The van der Waals surface area contributed by atoms with Gasteiger partial charge in [-0.25, -0.2) is 4.79 Å². The average molecular weight is 229 g/mol. The molecule has 1 aliphatic heterocycles. The fraction of sp³-hybridized carbons (Fsp3) is 0.800. The normalized spacial score (nSPS) is 18.9. The summed E-state index contributed by atoms with van der Waals surface area (Å²) in [5, 5.41) is 4.83. The van der Waals surface area contributed by atoms with Crippen molar-refractivity contribution in [3.05, 3.63) is 0 Å². The number of imide groups is 1. The standard InChI is InChI=1S/C10H19N3O3/c1-3-11-10(15)12-9(14)8(2)13-4-6-16-7-5-13/h8H,3-7H2,1-2H3,(H2,11,12,14,15)/t8-/m0/s1. The number of nitrogens with one attached hydrogen (secondary N) is 2. The van der Waals surface area contributed by atoms with Crippen LogP contribution in [0.3, 0.4) is 0 Å². The van der Waals surface area contributed by atoms with E-state index in [0.29, 0.717) is 19.8 Å². The lowest BCUT2D eigenvalue weighted by Gasteiger charge is -2.31. The van der Waals surface area contributed by atoms with E-state index in [0.717, 1.165) is 13.1 Å². The maximum Gasteiger partial charge on any atom is 0.321 e. The van der Waals surface area contributed by atoms with Crippen LogP contribution >= 0.6 is 0 Å². The van der Waals surface area contributed by atoms with Crippen molar-refractivity contribution in [2.24, 2.45) is 0 Å². The molecule has 6 heteroatoms. The Bertz CT molecular complexity index is 252. The predicted octanol–water partition coefficient (Wildman–Crippen LogP) is -0.447. The molecule has 0 aliphatic carbocycles. The van der Waals surface area contributed by atoms with E-state index >= 15 is 0 Å². The third kappa shape index (κ3) is 3.79. The average Bonchev–Trinajstić information content (AvgIpc) is 2.29. The van der Waals surface area contributed by atoms with Crippen molar-refractivity contribution in [3.8, 4) is 0 Å². The summed E-state index contributed by atoms with van der Waals surface area (Å²) in [6.45, 7) is 6.83. The van der Waals surface area contributed by atoms with Crippen LogP contribution in [0.1, 0.15) is 13.8 Å². The second kappa shape index (κ2) is 6.44. The molecule has 0 bridgehead atoms. The first kappa shape index (κ1) is 12.9. The van der Waals surface area contributed by atoms with Gasteiger partial charge in [0, 0.05) is 19.6 Å². The van der Waals surface area contributed by atoms with Gasteiger partial charge in [0.25, 0.3) is 0 Å². The Kier molecular flexibility index (Phi) is 5.21. The monoisotopic (exact) mass is 229 g/mol. The maximum absolute atomic E-state index is 11.7.